The zero-order valence-electron chi connectivity index (χ0n) is 12.2. The Labute approximate surface area is 116 Å². The molecular formula is C16H26N2O. The molecule has 3 nitrogen and oxygen atoms in total. The summed E-state index contributed by atoms with van der Waals surface area (Å²) < 4.78 is 0. The van der Waals surface area contributed by atoms with E-state index in [1.165, 1.54) is 16.8 Å². The maximum Gasteiger partial charge on any atom is 0.0431 e. The van der Waals surface area contributed by atoms with Gasteiger partial charge in [-0.2, -0.15) is 0 Å². The Morgan fingerprint density at radius 2 is 1.79 bits per heavy atom. The number of aryl methyl sites for hydroxylation is 1. The number of aliphatic hydroxyl groups is 1. The molecule has 1 aliphatic rings. The minimum absolute atomic E-state index is 0.322. The van der Waals surface area contributed by atoms with E-state index in [-0.39, 0.29) is 0 Å². The van der Waals surface area contributed by atoms with Gasteiger partial charge in [0.25, 0.3) is 0 Å². The summed E-state index contributed by atoms with van der Waals surface area (Å²) in [7, 11) is 0. The van der Waals surface area contributed by atoms with Gasteiger partial charge in [0.05, 0.1) is 0 Å². The van der Waals surface area contributed by atoms with Crippen LogP contribution in [-0.2, 0) is 0 Å². The lowest BCUT2D eigenvalue weighted by molar-refractivity contribution is 0.232. The number of hydrogen-bond acceptors (Lipinski definition) is 3. The molecule has 19 heavy (non-hydrogen) atoms. The van der Waals surface area contributed by atoms with Crippen LogP contribution in [0.4, 0.5) is 5.69 Å². The van der Waals surface area contributed by atoms with Gasteiger partial charge in [-0.25, -0.2) is 0 Å². The van der Waals surface area contributed by atoms with E-state index < -0.39 is 0 Å². The first-order chi connectivity index (χ1) is 9.22. The van der Waals surface area contributed by atoms with Crippen molar-refractivity contribution in [3.05, 3.63) is 29.3 Å². The fourth-order valence-electron chi connectivity index (χ4n) is 2.74. The molecule has 1 fully saturated rings. The second-order valence-electron chi connectivity index (χ2n) is 5.48. The zero-order chi connectivity index (χ0) is 13.7. The zero-order valence-corrected chi connectivity index (χ0v) is 12.2. The van der Waals surface area contributed by atoms with Crippen LogP contribution in [0.25, 0.3) is 0 Å². The molecule has 1 heterocycles. The van der Waals surface area contributed by atoms with Crippen molar-refractivity contribution in [1.82, 2.24) is 4.90 Å². The van der Waals surface area contributed by atoms with Gasteiger partial charge in [0.1, 0.15) is 0 Å². The highest BCUT2D eigenvalue weighted by molar-refractivity contribution is 5.56. The monoisotopic (exact) mass is 262 g/mol. The highest BCUT2D eigenvalue weighted by Gasteiger charge is 2.18. The van der Waals surface area contributed by atoms with E-state index in [0.717, 1.165) is 45.6 Å². The van der Waals surface area contributed by atoms with Gasteiger partial charge in [0.2, 0.25) is 0 Å². The summed E-state index contributed by atoms with van der Waals surface area (Å²) in [4.78, 5) is 5.02. The van der Waals surface area contributed by atoms with E-state index in [1.807, 2.05) is 0 Å². The minimum Gasteiger partial charge on any atom is -0.396 e. The molecule has 0 bridgehead atoms. The van der Waals surface area contributed by atoms with Gasteiger partial charge in [0, 0.05) is 38.5 Å². The maximum atomic E-state index is 8.82. The number of benzene rings is 1. The first-order valence-corrected chi connectivity index (χ1v) is 7.36. The van der Waals surface area contributed by atoms with Crippen molar-refractivity contribution in [2.45, 2.75) is 26.7 Å². The Hall–Kier alpha value is -1.06. The molecule has 0 spiro atoms. The molecule has 1 aromatic carbocycles. The summed E-state index contributed by atoms with van der Waals surface area (Å²) in [5.41, 5.74) is 4.19. The van der Waals surface area contributed by atoms with Gasteiger partial charge in [0.15, 0.2) is 0 Å². The number of aliphatic hydroxyl groups excluding tert-OH is 1. The average Bonchev–Trinajstić information content (AvgIpc) is 2.43. The van der Waals surface area contributed by atoms with Crippen molar-refractivity contribution in [3.8, 4) is 0 Å². The number of nitrogens with zero attached hydrogens (tertiary/aromatic N) is 2. The van der Waals surface area contributed by atoms with E-state index in [2.05, 4.69) is 41.8 Å². The second-order valence-corrected chi connectivity index (χ2v) is 5.48. The van der Waals surface area contributed by atoms with Gasteiger partial charge >= 0.3 is 0 Å². The number of hydrogen-bond donors (Lipinski definition) is 1. The Morgan fingerprint density at radius 1 is 1.05 bits per heavy atom. The molecule has 1 aromatic rings. The fraction of sp³-hybridized carbons (Fsp3) is 0.625. The number of anilines is 1. The van der Waals surface area contributed by atoms with E-state index in [0.29, 0.717) is 6.61 Å². The van der Waals surface area contributed by atoms with Crippen LogP contribution in [0.1, 0.15) is 24.0 Å². The normalized spacial score (nSPS) is 16.9. The molecule has 3 heteroatoms. The second kappa shape index (κ2) is 6.92. The topological polar surface area (TPSA) is 26.7 Å². The van der Waals surface area contributed by atoms with Crippen molar-refractivity contribution in [1.29, 1.82) is 0 Å². The molecule has 1 N–H and O–H groups in total. The van der Waals surface area contributed by atoms with Gasteiger partial charge in [-0.3, -0.25) is 4.90 Å². The van der Waals surface area contributed by atoms with Crippen LogP contribution < -0.4 is 4.90 Å². The van der Waals surface area contributed by atoms with Gasteiger partial charge in [-0.15, -0.1) is 0 Å². The van der Waals surface area contributed by atoms with Gasteiger partial charge in [-0.05, 0) is 50.4 Å². The Kier molecular flexibility index (Phi) is 5.23. The molecular weight excluding hydrogens is 236 g/mol. The summed E-state index contributed by atoms with van der Waals surface area (Å²) >= 11 is 0. The molecule has 1 saturated heterocycles. The van der Waals surface area contributed by atoms with Crippen LogP contribution in [0.15, 0.2) is 18.2 Å². The van der Waals surface area contributed by atoms with Crippen molar-refractivity contribution in [2.75, 3.05) is 44.2 Å². The highest BCUT2D eigenvalue weighted by atomic mass is 16.2. The van der Waals surface area contributed by atoms with Crippen LogP contribution >= 0.6 is 0 Å². The van der Waals surface area contributed by atoms with Crippen LogP contribution in [0.3, 0.4) is 0 Å². The Morgan fingerprint density at radius 3 is 2.47 bits per heavy atom. The highest BCUT2D eigenvalue weighted by Crippen LogP contribution is 2.23. The van der Waals surface area contributed by atoms with E-state index in [4.69, 9.17) is 5.11 Å². The smallest absolute Gasteiger partial charge is 0.0431 e. The molecule has 0 aliphatic carbocycles. The molecule has 0 radical (unpaired) electrons. The first-order valence-electron chi connectivity index (χ1n) is 7.36. The Bertz CT molecular complexity index is 398. The van der Waals surface area contributed by atoms with Gasteiger partial charge < -0.3 is 10.0 Å². The van der Waals surface area contributed by atoms with E-state index in [1.54, 1.807) is 0 Å². The van der Waals surface area contributed by atoms with Crippen LogP contribution in [0.2, 0.25) is 0 Å². The summed E-state index contributed by atoms with van der Waals surface area (Å²) in [6, 6.07) is 6.58. The lowest BCUT2D eigenvalue weighted by Gasteiger charge is -2.37. The fourth-order valence-corrected chi connectivity index (χ4v) is 2.74. The molecule has 0 aromatic heterocycles. The SMILES string of the molecule is Cc1cccc(N2CCN(CCCCO)CC2)c1C. The van der Waals surface area contributed by atoms with Crippen LogP contribution in [-0.4, -0.2) is 49.3 Å². The molecule has 106 valence electrons. The quantitative estimate of drug-likeness (QED) is 0.824. The summed E-state index contributed by atoms with van der Waals surface area (Å²) in [6.07, 6.45) is 2.04. The summed E-state index contributed by atoms with van der Waals surface area (Å²) in [6.45, 7) is 10.4. The third-order valence-corrected chi connectivity index (χ3v) is 4.17. The predicted molar refractivity (Wildman–Crippen MR) is 80.9 cm³/mol. The maximum absolute atomic E-state index is 8.82. The van der Waals surface area contributed by atoms with Crippen molar-refractivity contribution >= 4 is 5.69 Å². The van der Waals surface area contributed by atoms with Gasteiger partial charge in [-0.1, -0.05) is 12.1 Å². The molecule has 0 amide bonds. The average molecular weight is 262 g/mol. The third-order valence-electron chi connectivity index (χ3n) is 4.17. The number of rotatable bonds is 5. The van der Waals surface area contributed by atoms with Crippen molar-refractivity contribution < 1.29 is 5.11 Å². The molecule has 0 atom stereocenters. The molecule has 0 saturated carbocycles. The number of unbranched alkanes of at least 4 members (excludes halogenated alkanes) is 1. The van der Waals surface area contributed by atoms with E-state index >= 15 is 0 Å². The largest absolute Gasteiger partial charge is 0.396 e. The molecule has 1 aliphatic heterocycles. The Balaban J connectivity index is 1.87. The summed E-state index contributed by atoms with van der Waals surface area (Å²) in [5.74, 6) is 0. The predicted octanol–water partition coefficient (Wildman–Crippen LogP) is 2.20. The third kappa shape index (κ3) is 3.71. The van der Waals surface area contributed by atoms with Crippen molar-refractivity contribution in [2.24, 2.45) is 0 Å². The molecule has 2 rings (SSSR count). The minimum atomic E-state index is 0.322. The summed E-state index contributed by atoms with van der Waals surface area (Å²) in [5, 5.41) is 8.82. The van der Waals surface area contributed by atoms with Crippen LogP contribution in [0.5, 0.6) is 0 Å². The van der Waals surface area contributed by atoms with E-state index in [9.17, 15) is 0 Å². The van der Waals surface area contributed by atoms with Crippen molar-refractivity contribution in [3.63, 3.8) is 0 Å². The molecule has 0 unspecified atom stereocenters. The lowest BCUT2D eigenvalue weighted by Crippen LogP contribution is -2.46. The van der Waals surface area contributed by atoms with Crippen LogP contribution in [0, 0.1) is 13.8 Å². The lowest BCUT2D eigenvalue weighted by atomic mass is 10.1. The number of piperazine rings is 1. The standard InChI is InChI=1S/C16H26N2O/c1-14-6-5-7-16(15(14)2)18-11-9-17(10-12-18)8-3-4-13-19/h5-7,19H,3-4,8-13H2,1-2H3. The first kappa shape index (κ1) is 14.4.